The van der Waals surface area contributed by atoms with E-state index in [2.05, 4.69) is 41.5 Å². The van der Waals surface area contributed by atoms with Crippen LogP contribution in [-0.2, 0) is 4.74 Å². The molecule has 1 saturated heterocycles. The van der Waals surface area contributed by atoms with E-state index in [0.29, 0.717) is 12.0 Å². The molecule has 3 nitrogen and oxygen atoms in total. The molecule has 1 aliphatic heterocycles. The molecular weight excluding hydrogens is 260 g/mol. The molecule has 1 atom stereocenters. The van der Waals surface area contributed by atoms with Gasteiger partial charge in [-0.25, -0.2) is 0 Å². The fraction of sp³-hybridized carbons (Fsp3) is 0.500. The number of hydrogen-bond acceptors (Lipinski definition) is 3. The van der Waals surface area contributed by atoms with Crippen LogP contribution in [0.25, 0.3) is 10.8 Å². The molecule has 0 spiro atoms. The molecule has 1 N–H and O–H groups in total. The SMILES string of the molecule is CCCNC(c1cccc2ccncc12)C1CCOCC1. The number of nitrogens with one attached hydrogen (secondary N) is 1. The monoisotopic (exact) mass is 284 g/mol. The summed E-state index contributed by atoms with van der Waals surface area (Å²) >= 11 is 0. The van der Waals surface area contributed by atoms with Crippen molar-refractivity contribution in [1.82, 2.24) is 10.3 Å². The molecule has 0 bridgehead atoms. The number of pyridine rings is 1. The summed E-state index contributed by atoms with van der Waals surface area (Å²) in [7, 11) is 0. The first kappa shape index (κ1) is 14.5. The molecule has 1 aromatic heterocycles. The third-order valence-corrected chi connectivity index (χ3v) is 4.40. The Balaban J connectivity index is 1.96. The van der Waals surface area contributed by atoms with Gasteiger partial charge in [0.25, 0.3) is 0 Å². The first-order chi connectivity index (χ1) is 10.4. The van der Waals surface area contributed by atoms with E-state index in [1.54, 1.807) is 0 Å². The second-order valence-corrected chi connectivity index (χ2v) is 5.83. The normalized spacial score (nSPS) is 18.0. The Bertz CT molecular complexity index is 573. The highest BCUT2D eigenvalue weighted by Crippen LogP contribution is 2.33. The Labute approximate surface area is 126 Å². The zero-order chi connectivity index (χ0) is 14.5. The molecule has 21 heavy (non-hydrogen) atoms. The summed E-state index contributed by atoms with van der Waals surface area (Å²) in [5.41, 5.74) is 1.39. The number of rotatable bonds is 5. The highest BCUT2D eigenvalue weighted by atomic mass is 16.5. The zero-order valence-electron chi connectivity index (χ0n) is 12.7. The molecule has 1 fully saturated rings. The molecule has 0 amide bonds. The van der Waals surface area contributed by atoms with Crippen molar-refractivity contribution in [1.29, 1.82) is 0 Å². The van der Waals surface area contributed by atoms with Crippen molar-refractivity contribution in [2.45, 2.75) is 32.2 Å². The Morgan fingerprint density at radius 1 is 1.29 bits per heavy atom. The van der Waals surface area contributed by atoms with Crippen molar-refractivity contribution in [3.8, 4) is 0 Å². The minimum atomic E-state index is 0.404. The van der Waals surface area contributed by atoms with Crippen LogP contribution in [0.4, 0.5) is 0 Å². The minimum absolute atomic E-state index is 0.404. The van der Waals surface area contributed by atoms with E-state index >= 15 is 0 Å². The van der Waals surface area contributed by atoms with E-state index in [1.165, 1.54) is 16.3 Å². The second-order valence-electron chi connectivity index (χ2n) is 5.83. The quantitative estimate of drug-likeness (QED) is 0.909. The maximum Gasteiger partial charge on any atom is 0.0469 e. The summed E-state index contributed by atoms with van der Waals surface area (Å²) in [6, 6.07) is 9.09. The van der Waals surface area contributed by atoms with Gasteiger partial charge in [-0.05, 0) is 48.7 Å². The number of aromatic nitrogens is 1. The maximum absolute atomic E-state index is 5.54. The molecule has 0 aliphatic carbocycles. The van der Waals surface area contributed by atoms with Gasteiger partial charge in [0.15, 0.2) is 0 Å². The highest BCUT2D eigenvalue weighted by molar-refractivity contribution is 5.85. The van der Waals surface area contributed by atoms with Gasteiger partial charge in [-0.1, -0.05) is 25.1 Å². The summed E-state index contributed by atoms with van der Waals surface area (Å²) in [4.78, 5) is 4.33. The Kier molecular flexibility index (Phi) is 4.84. The van der Waals surface area contributed by atoms with Gasteiger partial charge in [-0.3, -0.25) is 4.98 Å². The summed E-state index contributed by atoms with van der Waals surface area (Å²) in [5.74, 6) is 0.649. The van der Waals surface area contributed by atoms with E-state index < -0.39 is 0 Å². The zero-order valence-corrected chi connectivity index (χ0v) is 12.7. The lowest BCUT2D eigenvalue weighted by Gasteiger charge is -2.32. The van der Waals surface area contributed by atoms with Gasteiger partial charge in [0.2, 0.25) is 0 Å². The predicted octanol–water partition coefficient (Wildman–Crippen LogP) is 3.70. The molecule has 1 aliphatic rings. The molecular formula is C18H24N2O. The van der Waals surface area contributed by atoms with Crippen molar-refractivity contribution in [2.24, 2.45) is 5.92 Å². The summed E-state index contributed by atoms with van der Waals surface area (Å²) in [6.07, 6.45) is 7.30. The number of hydrogen-bond donors (Lipinski definition) is 1. The Morgan fingerprint density at radius 2 is 2.14 bits per heavy atom. The van der Waals surface area contributed by atoms with Crippen LogP contribution in [0.1, 0.15) is 37.8 Å². The van der Waals surface area contributed by atoms with Gasteiger partial charge in [-0.15, -0.1) is 0 Å². The van der Waals surface area contributed by atoms with Crippen LogP contribution in [0.5, 0.6) is 0 Å². The maximum atomic E-state index is 5.54. The summed E-state index contributed by atoms with van der Waals surface area (Å²) < 4.78 is 5.54. The summed E-state index contributed by atoms with van der Waals surface area (Å²) in [5, 5.41) is 6.32. The smallest absolute Gasteiger partial charge is 0.0469 e. The van der Waals surface area contributed by atoms with E-state index in [9.17, 15) is 0 Å². The van der Waals surface area contributed by atoms with E-state index in [1.807, 2.05) is 12.4 Å². The summed E-state index contributed by atoms with van der Waals surface area (Å²) in [6.45, 7) is 5.05. The molecule has 0 saturated carbocycles. The third kappa shape index (κ3) is 3.25. The number of benzene rings is 1. The Morgan fingerprint density at radius 3 is 2.95 bits per heavy atom. The molecule has 112 valence electrons. The largest absolute Gasteiger partial charge is 0.381 e. The fourth-order valence-electron chi connectivity index (χ4n) is 3.29. The van der Waals surface area contributed by atoms with E-state index in [4.69, 9.17) is 4.74 Å². The lowest BCUT2D eigenvalue weighted by atomic mass is 9.85. The first-order valence-electron chi connectivity index (χ1n) is 8.04. The highest BCUT2D eigenvalue weighted by Gasteiger charge is 2.26. The lowest BCUT2D eigenvalue weighted by molar-refractivity contribution is 0.0538. The van der Waals surface area contributed by atoms with E-state index in [0.717, 1.165) is 39.0 Å². The topological polar surface area (TPSA) is 34.2 Å². The average molecular weight is 284 g/mol. The van der Waals surface area contributed by atoms with Gasteiger partial charge < -0.3 is 10.1 Å². The minimum Gasteiger partial charge on any atom is -0.381 e. The molecule has 3 rings (SSSR count). The number of fused-ring (bicyclic) bond motifs is 1. The van der Waals surface area contributed by atoms with Crippen molar-refractivity contribution in [2.75, 3.05) is 19.8 Å². The number of nitrogens with zero attached hydrogens (tertiary/aromatic N) is 1. The van der Waals surface area contributed by atoms with Crippen LogP contribution < -0.4 is 5.32 Å². The van der Waals surface area contributed by atoms with Crippen molar-refractivity contribution in [3.05, 3.63) is 42.2 Å². The van der Waals surface area contributed by atoms with Gasteiger partial charge in [0.05, 0.1) is 0 Å². The molecule has 2 aromatic rings. The first-order valence-corrected chi connectivity index (χ1v) is 8.04. The van der Waals surface area contributed by atoms with Crippen LogP contribution in [0.15, 0.2) is 36.7 Å². The van der Waals surface area contributed by atoms with Crippen LogP contribution in [0.3, 0.4) is 0 Å². The van der Waals surface area contributed by atoms with Gasteiger partial charge in [0, 0.05) is 37.0 Å². The third-order valence-electron chi connectivity index (χ3n) is 4.40. The predicted molar refractivity (Wildman–Crippen MR) is 86.3 cm³/mol. The van der Waals surface area contributed by atoms with Crippen LogP contribution >= 0.6 is 0 Å². The van der Waals surface area contributed by atoms with Gasteiger partial charge >= 0.3 is 0 Å². The van der Waals surface area contributed by atoms with Crippen molar-refractivity contribution in [3.63, 3.8) is 0 Å². The van der Waals surface area contributed by atoms with Crippen molar-refractivity contribution >= 4 is 10.8 Å². The van der Waals surface area contributed by atoms with Crippen LogP contribution in [0, 0.1) is 5.92 Å². The fourth-order valence-corrected chi connectivity index (χ4v) is 3.29. The van der Waals surface area contributed by atoms with Crippen molar-refractivity contribution < 1.29 is 4.74 Å². The van der Waals surface area contributed by atoms with Gasteiger partial charge in [0.1, 0.15) is 0 Å². The van der Waals surface area contributed by atoms with Gasteiger partial charge in [-0.2, -0.15) is 0 Å². The molecule has 2 heterocycles. The van der Waals surface area contributed by atoms with Crippen LogP contribution in [0.2, 0.25) is 0 Å². The molecule has 0 radical (unpaired) electrons. The van der Waals surface area contributed by atoms with Crippen LogP contribution in [-0.4, -0.2) is 24.7 Å². The number of ether oxygens (including phenoxy) is 1. The average Bonchev–Trinajstić information content (AvgIpc) is 2.56. The molecule has 1 aromatic carbocycles. The lowest BCUT2D eigenvalue weighted by Crippen LogP contribution is -2.32. The Hall–Kier alpha value is -1.45. The second kappa shape index (κ2) is 7.01. The van der Waals surface area contributed by atoms with E-state index in [-0.39, 0.29) is 0 Å². The molecule has 3 heteroatoms. The standard InChI is InChI=1S/C18H24N2O/c1-2-9-20-18(15-7-11-21-12-8-15)16-5-3-4-14-6-10-19-13-17(14)16/h3-6,10,13,15,18,20H,2,7-9,11-12H2,1H3. The molecule has 1 unspecified atom stereocenters.